The van der Waals surface area contributed by atoms with Gasteiger partial charge in [0.25, 0.3) is 10.0 Å². The van der Waals surface area contributed by atoms with E-state index in [1.54, 1.807) is 49.4 Å². The van der Waals surface area contributed by atoms with E-state index in [2.05, 4.69) is 48.3 Å². The monoisotopic (exact) mass is 527 g/mol. The van der Waals surface area contributed by atoms with Gasteiger partial charge in [-0.25, -0.2) is 8.42 Å². The molecular weight excluding hydrogens is 494 g/mol. The molecule has 0 heterocycles. The number of hydrogen-bond donors (Lipinski definition) is 1. The summed E-state index contributed by atoms with van der Waals surface area (Å²) in [6, 6.07) is 19.9. The minimum atomic E-state index is -3.99. The number of sulfonamides is 1. The number of nitrogens with one attached hydrogen (secondary N) is 1. The van der Waals surface area contributed by atoms with E-state index in [9.17, 15) is 13.2 Å². The van der Waals surface area contributed by atoms with Crippen LogP contribution in [0.2, 0.25) is 5.02 Å². The van der Waals surface area contributed by atoms with E-state index < -0.39 is 10.0 Å². The van der Waals surface area contributed by atoms with Crippen molar-refractivity contribution in [1.29, 1.82) is 0 Å². The molecule has 0 spiro atoms. The van der Waals surface area contributed by atoms with Crippen LogP contribution in [-0.2, 0) is 21.2 Å². The Labute approximate surface area is 219 Å². The fraction of sp³-hybridized carbons (Fsp3) is 0.321. The largest absolute Gasteiger partial charge is 0.372 e. The second-order valence-electron chi connectivity index (χ2n) is 8.65. The van der Waals surface area contributed by atoms with Gasteiger partial charge < -0.3 is 10.2 Å². The van der Waals surface area contributed by atoms with Crippen LogP contribution in [0.4, 0.5) is 11.4 Å². The second-order valence-corrected chi connectivity index (χ2v) is 10.9. The highest BCUT2D eigenvalue weighted by molar-refractivity contribution is 7.92. The lowest BCUT2D eigenvalue weighted by Gasteiger charge is -2.26. The molecule has 3 aromatic rings. The van der Waals surface area contributed by atoms with Crippen LogP contribution in [0.1, 0.15) is 30.5 Å². The first-order chi connectivity index (χ1) is 17.2. The lowest BCUT2D eigenvalue weighted by molar-refractivity contribution is -0.119. The molecule has 3 aromatic carbocycles. The van der Waals surface area contributed by atoms with Crippen LogP contribution in [0.5, 0.6) is 0 Å². The first kappa shape index (κ1) is 27.6. The molecule has 3 rings (SSSR count). The van der Waals surface area contributed by atoms with Gasteiger partial charge in [0.15, 0.2) is 0 Å². The van der Waals surface area contributed by atoms with Gasteiger partial charge in [0.1, 0.15) is 6.54 Å². The topological polar surface area (TPSA) is 69.7 Å². The molecule has 6 nitrogen and oxygen atoms in total. The van der Waals surface area contributed by atoms with Gasteiger partial charge in [-0.05, 0) is 81.6 Å². The molecule has 0 fully saturated rings. The lowest BCUT2D eigenvalue weighted by atomic mass is 10.1. The van der Waals surface area contributed by atoms with Crippen LogP contribution in [0.15, 0.2) is 71.6 Å². The quantitative estimate of drug-likeness (QED) is 0.364. The maximum Gasteiger partial charge on any atom is 0.264 e. The fourth-order valence-corrected chi connectivity index (χ4v) is 5.65. The standard InChI is InChI=1S/C28H34ClN3O3S/c1-5-31(6-2)24-14-12-23(13-15-24)18-19-30-28(33)20-32(27-9-7-8-26(29)22(27)4)36(34,35)25-16-10-21(3)11-17-25/h7-17H,5-6,18-20H2,1-4H3,(H,30,33). The van der Waals surface area contributed by atoms with Gasteiger partial charge in [-0.3, -0.25) is 9.10 Å². The number of hydrogen-bond acceptors (Lipinski definition) is 4. The lowest BCUT2D eigenvalue weighted by Crippen LogP contribution is -2.41. The predicted molar refractivity (Wildman–Crippen MR) is 149 cm³/mol. The summed E-state index contributed by atoms with van der Waals surface area (Å²) in [5, 5.41) is 3.30. The molecule has 0 saturated carbocycles. The minimum Gasteiger partial charge on any atom is -0.372 e. The third-order valence-corrected chi connectivity index (χ3v) is 8.39. The van der Waals surface area contributed by atoms with Crippen molar-refractivity contribution < 1.29 is 13.2 Å². The second kappa shape index (κ2) is 12.3. The zero-order chi connectivity index (χ0) is 26.3. The molecule has 0 saturated heterocycles. The summed E-state index contributed by atoms with van der Waals surface area (Å²) in [6.45, 7) is 9.82. The first-order valence-corrected chi connectivity index (χ1v) is 13.9. The van der Waals surface area contributed by atoms with E-state index in [-0.39, 0.29) is 17.3 Å². The fourth-order valence-electron chi connectivity index (χ4n) is 4.00. The molecule has 192 valence electrons. The molecule has 0 aliphatic heterocycles. The molecule has 0 radical (unpaired) electrons. The third kappa shape index (κ3) is 6.59. The smallest absolute Gasteiger partial charge is 0.264 e. The van der Waals surface area contributed by atoms with Crippen molar-refractivity contribution in [3.05, 3.63) is 88.4 Å². The van der Waals surface area contributed by atoms with Gasteiger partial charge >= 0.3 is 0 Å². The normalized spacial score (nSPS) is 11.2. The molecule has 1 amide bonds. The van der Waals surface area contributed by atoms with Crippen molar-refractivity contribution in [3.63, 3.8) is 0 Å². The summed E-state index contributed by atoms with van der Waals surface area (Å²) in [4.78, 5) is 15.3. The number of benzene rings is 3. The van der Waals surface area contributed by atoms with E-state index in [1.807, 2.05) is 6.92 Å². The van der Waals surface area contributed by atoms with E-state index in [1.165, 1.54) is 5.69 Å². The number of halogens is 1. The number of amides is 1. The Kier molecular flexibility index (Phi) is 9.40. The number of carbonyl (C=O) groups is 1. The number of anilines is 2. The van der Waals surface area contributed by atoms with Crippen LogP contribution < -0.4 is 14.5 Å². The van der Waals surface area contributed by atoms with Crippen LogP contribution in [0.25, 0.3) is 0 Å². The molecule has 0 unspecified atom stereocenters. The Bertz CT molecular complexity index is 1270. The average Bonchev–Trinajstić information content (AvgIpc) is 2.86. The van der Waals surface area contributed by atoms with Crippen molar-refractivity contribution >= 4 is 38.9 Å². The Morgan fingerprint density at radius 2 is 1.56 bits per heavy atom. The van der Waals surface area contributed by atoms with Gasteiger partial charge in [0, 0.05) is 30.3 Å². The van der Waals surface area contributed by atoms with Gasteiger partial charge in [0.05, 0.1) is 10.6 Å². The van der Waals surface area contributed by atoms with Crippen LogP contribution in [-0.4, -0.2) is 40.5 Å². The van der Waals surface area contributed by atoms with Gasteiger partial charge in [-0.2, -0.15) is 0 Å². The van der Waals surface area contributed by atoms with E-state index in [4.69, 9.17) is 11.6 Å². The van der Waals surface area contributed by atoms with Crippen LogP contribution in [0, 0.1) is 13.8 Å². The maximum atomic E-state index is 13.6. The molecule has 8 heteroatoms. The maximum absolute atomic E-state index is 13.6. The van der Waals surface area contributed by atoms with E-state index in [0.29, 0.717) is 29.2 Å². The number of rotatable bonds is 11. The summed E-state index contributed by atoms with van der Waals surface area (Å²) in [5.74, 6) is -0.384. The number of nitrogens with zero attached hydrogens (tertiary/aromatic N) is 2. The number of aryl methyl sites for hydroxylation is 1. The molecule has 0 aliphatic carbocycles. The van der Waals surface area contributed by atoms with Gasteiger partial charge in [-0.1, -0.05) is 47.5 Å². The summed E-state index contributed by atoms with van der Waals surface area (Å²) in [5.41, 5.74) is 4.19. The summed E-state index contributed by atoms with van der Waals surface area (Å²) in [7, 11) is -3.99. The first-order valence-electron chi connectivity index (χ1n) is 12.1. The SMILES string of the molecule is CCN(CC)c1ccc(CCNC(=O)CN(c2cccc(Cl)c2C)S(=O)(=O)c2ccc(C)cc2)cc1. The Morgan fingerprint density at radius 3 is 2.17 bits per heavy atom. The van der Waals surface area contributed by atoms with Gasteiger partial charge in [-0.15, -0.1) is 0 Å². The van der Waals surface area contributed by atoms with Gasteiger partial charge in [0.2, 0.25) is 5.91 Å². The zero-order valence-corrected chi connectivity index (χ0v) is 22.9. The van der Waals surface area contributed by atoms with Crippen LogP contribution >= 0.6 is 11.6 Å². The summed E-state index contributed by atoms with van der Waals surface area (Å²) in [6.07, 6.45) is 0.644. The third-order valence-electron chi connectivity index (χ3n) is 6.20. The van der Waals surface area contributed by atoms with Crippen molar-refractivity contribution in [1.82, 2.24) is 5.32 Å². The number of carbonyl (C=O) groups excluding carboxylic acids is 1. The Morgan fingerprint density at radius 1 is 0.917 bits per heavy atom. The highest BCUT2D eigenvalue weighted by Crippen LogP contribution is 2.30. The summed E-state index contributed by atoms with van der Waals surface area (Å²) < 4.78 is 28.3. The predicted octanol–water partition coefficient (Wildman–Crippen LogP) is 5.36. The van der Waals surface area contributed by atoms with E-state index >= 15 is 0 Å². The molecule has 0 bridgehead atoms. The highest BCUT2D eigenvalue weighted by atomic mass is 35.5. The van der Waals surface area contributed by atoms with Crippen molar-refractivity contribution in [2.24, 2.45) is 0 Å². The van der Waals surface area contributed by atoms with E-state index in [0.717, 1.165) is 28.5 Å². The molecule has 36 heavy (non-hydrogen) atoms. The summed E-state index contributed by atoms with van der Waals surface area (Å²) >= 11 is 6.29. The zero-order valence-electron chi connectivity index (χ0n) is 21.3. The molecule has 1 N–H and O–H groups in total. The molecule has 0 aliphatic rings. The Balaban J connectivity index is 1.74. The van der Waals surface area contributed by atoms with Crippen molar-refractivity contribution in [2.75, 3.05) is 35.4 Å². The molecule has 0 aromatic heterocycles. The van der Waals surface area contributed by atoms with Crippen molar-refractivity contribution in [3.8, 4) is 0 Å². The molecular formula is C28H34ClN3O3S. The van der Waals surface area contributed by atoms with Crippen molar-refractivity contribution in [2.45, 2.75) is 39.0 Å². The van der Waals surface area contributed by atoms with Crippen LogP contribution in [0.3, 0.4) is 0 Å². The minimum absolute atomic E-state index is 0.119. The average molecular weight is 528 g/mol. The Hall–Kier alpha value is -3.03. The molecule has 0 atom stereocenters. The highest BCUT2D eigenvalue weighted by Gasteiger charge is 2.28.